The van der Waals surface area contributed by atoms with Gasteiger partial charge in [0.1, 0.15) is 5.50 Å². The average molecular weight is 287 g/mol. The lowest BCUT2D eigenvalue weighted by Gasteiger charge is -2.35. The molecule has 2 aliphatic heterocycles. The van der Waals surface area contributed by atoms with E-state index in [1.807, 2.05) is 11.8 Å². The predicted octanol–water partition coefficient (Wildman–Crippen LogP) is 1.68. The molecule has 5 heteroatoms. The van der Waals surface area contributed by atoms with Crippen LogP contribution in [0.5, 0.6) is 0 Å². The molecule has 0 aromatic carbocycles. The molecular formula is C13H25N3S2. The van der Waals surface area contributed by atoms with E-state index in [-0.39, 0.29) is 5.50 Å². The summed E-state index contributed by atoms with van der Waals surface area (Å²) in [5, 5.41) is 6.09. The van der Waals surface area contributed by atoms with Gasteiger partial charge in [0.25, 0.3) is 0 Å². The molecule has 4 unspecified atom stereocenters. The summed E-state index contributed by atoms with van der Waals surface area (Å²) in [6, 6.07) is 0.694. The largest absolute Gasteiger partial charge is 0.307 e. The van der Waals surface area contributed by atoms with Crippen LogP contribution < -0.4 is 11.1 Å². The Hall–Kier alpha value is 0.580. The summed E-state index contributed by atoms with van der Waals surface area (Å²) in [5.41, 5.74) is 6.17. The number of hydrogen-bond acceptors (Lipinski definition) is 5. The van der Waals surface area contributed by atoms with Crippen molar-refractivity contribution in [3.8, 4) is 0 Å². The van der Waals surface area contributed by atoms with Crippen molar-refractivity contribution in [1.82, 2.24) is 10.2 Å². The molecule has 0 amide bonds. The molecule has 3 nitrogen and oxygen atoms in total. The van der Waals surface area contributed by atoms with Gasteiger partial charge in [0.05, 0.1) is 0 Å². The minimum atomic E-state index is 0.187. The van der Waals surface area contributed by atoms with Gasteiger partial charge in [-0.3, -0.25) is 5.32 Å². The number of rotatable bonds is 2. The number of nitrogens with two attached hydrogens (primary N) is 1. The molecule has 0 bridgehead atoms. The summed E-state index contributed by atoms with van der Waals surface area (Å²) in [6.45, 7) is 2.58. The lowest BCUT2D eigenvalue weighted by atomic mass is 9.94. The van der Waals surface area contributed by atoms with E-state index < -0.39 is 0 Å². The fourth-order valence-corrected chi connectivity index (χ4v) is 6.51. The Morgan fingerprint density at radius 3 is 2.72 bits per heavy atom. The molecule has 4 atom stereocenters. The molecule has 0 radical (unpaired) electrons. The zero-order valence-corrected chi connectivity index (χ0v) is 12.8. The zero-order chi connectivity index (χ0) is 12.5. The van der Waals surface area contributed by atoms with E-state index in [1.54, 1.807) is 0 Å². The minimum absolute atomic E-state index is 0.187. The third-order valence-corrected chi connectivity index (χ3v) is 7.46. The van der Waals surface area contributed by atoms with Crippen LogP contribution in [0, 0.1) is 0 Å². The lowest BCUT2D eigenvalue weighted by Crippen LogP contribution is -2.41. The van der Waals surface area contributed by atoms with Crippen LogP contribution in [-0.4, -0.2) is 52.3 Å². The quantitative estimate of drug-likeness (QED) is 0.809. The lowest BCUT2D eigenvalue weighted by molar-refractivity contribution is 0.281. The summed E-state index contributed by atoms with van der Waals surface area (Å²) in [6.07, 6.45) is 6.86. The summed E-state index contributed by atoms with van der Waals surface area (Å²) in [7, 11) is 2.24. The standard InChI is InChI=1S/C13H25N3S2/c1-16-6-4-9(5-7-16)17-10-2-3-11-12(8-10)18-13(14)15-11/h9-13,15H,2-8,14H2,1H3. The van der Waals surface area contributed by atoms with Crippen molar-refractivity contribution in [3.05, 3.63) is 0 Å². The monoisotopic (exact) mass is 287 g/mol. The van der Waals surface area contributed by atoms with Crippen molar-refractivity contribution in [2.75, 3.05) is 20.1 Å². The van der Waals surface area contributed by atoms with Crippen molar-refractivity contribution < 1.29 is 0 Å². The van der Waals surface area contributed by atoms with Gasteiger partial charge in [-0.15, -0.1) is 11.8 Å². The van der Waals surface area contributed by atoms with Crippen LogP contribution in [0.1, 0.15) is 32.1 Å². The van der Waals surface area contributed by atoms with E-state index in [4.69, 9.17) is 5.73 Å². The molecule has 0 aromatic rings. The first kappa shape index (κ1) is 13.6. The van der Waals surface area contributed by atoms with E-state index in [0.29, 0.717) is 6.04 Å². The molecule has 104 valence electrons. The fourth-order valence-electron chi connectivity index (χ4n) is 3.39. The molecule has 3 fully saturated rings. The first-order valence-corrected chi connectivity index (χ1v) is 9.10. The Balaban J connectivity index is 1.47. The SMILES string of the molecule is CN1CCC(SC2CCC3NC(N)SC3C2)CC1. The number of thioether (sulfide) groups is 2. The smallest absolute Gasteiger partial charge is 0.103 e. The second-order valence-electron chi connectivity index (χ2n) is 5.94. The predicted molar refractivity (Wildman–Crippen MR) is 82.0 cm³/mol. The fraction of sp³-hybridized carbons (Fsp3) is 1.00. The van der Waals surface area contributed by atoms with Gasteiger partial charge in [0.2, 0.25) is 0 Å². The molecule has 1 saturated carbocycles. The van der Waals surface area contributed by atoms with Crippen molar-refractivity contribution in [3.63, 3.8) is 0 Å². The molecule has 2 heterocycles. The summed E-state index contributed by atoms with van der Waals surface area (Å²) in [5.74, 6) is 0. The van der Waals surface area contributed by atoms with Gasteiger partial charge in [0.15, 0.2) is 0 Å². The zero-order valence-electron chi connectivity index (χ0n) is 11.2. The van der Waals surface area contributed by atoms with Crippen LogP contribution in [0.25, 0.3) is 0 Å². The third-order valence-electron chi connectivity index (χ3n) is 4.49. The molecule has 2 saturated heterocycles. The number of nitrogens with one attached hydrogen (secondary N) is 1. The highest BCUT2D eigenvalue weighted by atomic mass is 32.2. The van der Waals surface area contributed by atoms with E-state index in [0.717, 1.165) is 15.7 Å². The second-order valence-corrected chi connectivity index (χ2v) is 8.93. The highest BCUT2D eigenvalue weighted by molar-refractivity contribution is 8.01. The van der Waals surface area contributed by atoms with Gasteiger partial charge < -0.3 is 10.6 Å². The number of hydrogen-bond donors (Lipinski definition) is 2. The number of fused-ring (bicyclic) bond motifs is 1. The summed E-state index contributed by atoms with van der Waals surface area (Å²) in [4.78, 5) is 2.46. The molecule has 0 spiro atoms. The topological polar surface area (TPSA) is 41.3 Å². The Labute approximate surface area is 119 Å². The maximum Gasteiger partial charge on any atom is 0.103 e. The highest BCUT2D eigenvalue weighted by Gasteiger charge is 2.38. The maximum atomic E-state index is 5.98. The summed E-state index contributed by atoms with van der Waals surface area (Å²) >= 11 is 4.25. The first-order chi connectivity index (χ1) is 8.70. The molecule has 3 aliphatic rings. The molecule has 3 N–H and O–H groups in total. The van der Waals surface area contributed by atoms with Gasteiger partial charge in [-0.2, -0.15) is 11.8 Å². The van der Waals surface area contributed by atoms with E-state index >= 15 is 0 Å². The highest BCUT2D eigenvalue weighted by Crippen LogP contribution is 2.41. The number of likely N-dealkylation sites (tertiary alicyclic amines) is 1. The maximum absolute atomic E-state index is 5.98. The van der Waals surface area contributed by atoms with Gasteiger partial charge in [-0.05, 0) is 52.2 Å². The Morgan fingerprint density at radius 2 is 1.94 bits per heavy atom. The normalized spacial score (nSPS) is 43.0. The minimum Gasteiger partial charge on any atom is -0.307 e. The summed E-state index contributed by atoms with van der Waals surface area (Å²) < 4.78 is 0. The van der Waals surface area contributed by atoms with Crippen LogP contribution >= 0.6 is 23.5 Å². The molecule has 1 aliphatic carbocycles. The first-order valence-electron chi connectivity index (χ1n) is 7.22. The van der Waals surface area contributed by atoms with Crippen LogP contribution in [0.2, 0.25) is 0 Å². The Bertz CT molecular complexity index is 281. The third kappa shape index (κ3) is 3.18. The van der Waals surface area contributed by atoms with E-state index in [2.05, 4.69) is 29.0 Å². The van der Waals surface area contributed by atoms with Crippen molar-refractivity contribution >= 4 is 23.5 Å². The van der Waals surface area contributed by atoms with Crippen molar-refractivity contribution in [2.24, 2.45) is 5.73 Å². The number of nitrogens with zero attached hydrogens (tertiary/aromatic N) is 1. The van der Waals surface area contributed by atoms with Gasteiger partial charge in [0, 0.05) is 21.8 Å². The Kier molecular flexibility index (Phi) is 4.46. The van der Waals surface area contributed by atoms with Crippen LogP contribution in [0.4, 0.5) is 0 Å². The van der Waals surface area contributed by atoms with Crippen molar-refractivity contribution in [2.45, 2.75) is 59.4 Å². The van der Waals surface area contributed by atoms with Gasteiger partial charge in [-0.1, -0.05) is 0 Å². The molecule has 3 rings (SSSR count). The van der Waals surface area contributed by atoms with Crippen LogP contribution in [-0.2, 0) is 0 Å². The molecular weight excluding hydrogens is 262 g/mol. The Morgan fingerprint density at radius 1 is 1.17 bits per heavy atom. The number of piperidine rings is 1. The second kappa shape index (κ2) is 5.92. The van der Waals surface area contributed by atoms with E-state index in [1.165, 1.54) is 45.2 Å². The van der Waals surface area contributed by atoms with Crippen molar-refractivity contribution in [1.29, 1.82) is 0 Å². The molecule has 0 aromatic heterocycles. The molecule has 18 heavy (non-hydrogen) atoms. The van der Waals surface area contributed by atoms with Crippen LogP contribution in [0.3, 0.4) is 0 Å². The van der Waals surface area contributed by atoms with Crippen LogP contribution in [0.15, 0.2) is 0 Å². The average Bonchev–Trinajstić information content (AvgIpc) is 2.71. The van der Waals surface area contributed by atoms with E-state index in [9.17, 15) is 0 Å². The van der Waals surface area contributed by atoms with Gasteiger partial charge >= 0.3 is 0 Å². The van der Waals surface area contributed by atoms with Gasteiger partial charge in [-0.25, -0.2) is 0 Å².